The minimum absolute atomic E-state index is 0.385. The van der Waals surface area contributed by atoms with Gasteiger partial charge in [-0.25, -0.2) is 0 Å². The predicted molar refractivity (Wildman–Crippen MR) is 82.8 cm³/mol. The number of ether oxygens (including phenoxy) is 1. The van der Waals surface area contributed by atoms with Crippen LogP contribution in [0, 0.1) is 13.8 Å². The molecule has 0 spiro atoms. The Morgan fingerprint density at radius 1 is 1.10 bits per heavy atom. The van der Waals surface area contributed by atoms with Crippen molar-refractivity contribution in [1.29, 1.82) is 0 Å². The Morgan fingerprint density at radius 3 is 2.38 bits per heavy atom. The minimum atomic E-state index is -0.813. The van der Waals surface area contributed by atoms with Crippen molar-refractivity contribution in [2.45, 2.75) is 26.2 Å². The van der Waals surface area contributed by atoms with Gasteiger partial charge in [0, 0.05) is 0 Å². The van der Waals surface area contributed by atoms with Gasteiger partial charge in [0.2, 0.25) is 0 Å². The Balaban J connectivity index is 2.00. The van der Waals surface area contributed by atoms with Crippen molar-refractivity contribution in [2.24, 2.45) is 0 Å². The number of benzene rings is 2. The van der Waals surface area contributed by atoms with Gasteiger partial charge in [-0.2, -0.15) is 0 Å². The average molecular weight is 284 g/mol. The standard InChI is InChI=1S/C18H20O3/c1-13-7-9-15(10-8-13)16(18(19)20)11-12-21-17-6-4-3-5-14(17)2/h3-10,16H,11-12H2,1-2H3,(H,19,20). The van der Waals surface area contributed by atoms with E-state index in [1.165, 1.54) is 0 Å². The molecule has 0 saturated carbocycles. The molecule has 1 atom stereocenters. The molecule has 2 aromatic carbocycles. The lowest BCUT2D eigenvalue weighted by molar-refractivity contribution is -0.139. The summed E-state index contributed by atoms with van der Waals surface area (Å²) in [5.41, 5.74) is 3.00. The SMILES string of the molecule is Cc1ccc(C(CCOc2ccccc2C)C(=O)O)cc1. The van der Waals surface area contributed by atoms with Crippen LogP contribution in [0.3, 0.4) is 0 Å². The summed E-state index contributed by atoms with van der Waals surface area (Å²) in [5, 5.41) is 9.39. The number of hydrogen-bond acceptors (Lipinski definition) is 2. The highest BCUT2D eigenvalue weighted by Gasteiger charge is 2.19. The summed E-state index contributed by atoms with van der Waals surface area (Å²) in [6.07, 6.45) is 0.451. The van der Waals surface area contributed by atoms with Crippen molar-refractivity contribution in [2.75, 3.05) is 6.61 Å². The van der Waals surface area contributed by atoms with Gasteiger partial charge in [0.25, 0.3) is 0 Å². The lowest BCUT2D eigenvalue weighted by atomic mass is 9.95. The van der Waals surface area contributed by atoms with Crippen LogP contribution in [0.5, 0.6) is 5.75 Å². The molecule has 0 aliphatic rings. The third-order valence-electron chi connectivity index (χ3n) is 3.54. The number of hydrogen-bond donors (Lipinski definition) is 1. The maximum absolute atomic E-state index is 11.4. The fourth-order valence-electron chi connectivity index (χ4n) is 2.24. The van der Waals surface area contributed by atoms with Crippen LogP contribution in [0.15, 0.2) is 48.5 Å². The van der Waals surface area contributed by atoms with Crippen molar-refractivity contribution < 1.29 is 14.6 Å². The second-order valence-corrected chi connectivity index (χ2v) is 5.20. The lowest BCUT2D eigenvalue weighted by Gasteiger charge is -2.14. The Morgan fingerprint density at radius 2 is 1.76 bits per heavy atom. The second kappa shape index (κ2) is 6.93. The number of aryl methyl sites for hydroxylation is 2. The molecule has 3 nitrogen and oxygen atoms in total. The van der Waals surface area contributed by atoms with Gasteiger partial charge in [0.15, 0.2) is 0 Å². The van der Waals surface area contributed by atoms with Gasteiger partial charge in [0.05, 0.1) is 12.5 Å². The Bertz CT molecular complexity index is 602. The number of rotatable bonds is 6. The summed E-state index contributed by atoms with van der Waals surface area (Å²) >= 11 is 0. The first-order valence-corrected chi connectivity index (χ1v) is 7.05. The van der Waals surface area contributed by atoms with E-state index in [2.05, 4.69) is 0 Å². The van der Waals surface area contributed by atoms with Gasteiger partial charge in [0.1, 0.15) is 5.75 Å². The van der Waals surface area contributed by atoms with E-state index in [0.717, 1.165) is 22.4 Å². The number of carbonyl (C=O) groups is 1. The number of carboxylic acids is 1. The average Bonchev–Trinajstić information content (AvgIpc) is 2.46. The molecule has 110 valence electrons. The van der Waals surface area contributed by atoms with Crippen LogP contribution in [-0.4, -0.2) is 17.7 Å². The quantitative estimate of drug-likeness (QED) is 0.874. The van der Waals surface area contributed by atoms with E-state index < -0.39 is 11.9 Å². The summed E-state index contributed by atoms with van der Waals surface area (Å²) in [6, 6.07) is 15.4. The molecule has 0 radical (unpaired) electrons. The van der Waals surface area contributed by atoms with Gasteiger partial charge in [-0.15, -0.1) is 0 Å². The molecule has 0 aliphatic carbocycles. The molecule has 2 rings (SSSR count). The second-order valence-electron chi connectivity index (χ2n) is 5.20. The summed E-state index contributed by atoms with van der Waals surface area (Å²) in [7, 11) is 0. The molecule has 2 aromatic rings. The van der Waals surface area contributed by atoms with Crippen LogP contribution in [0.1, 0.15) is 29.0 Å². The summed E-state index contributed by atoms with van der Waals surface area (Å²) in [4.78, 5) is 11.4. The summed E-state index contributed by atoms with van der Waals surface area (Å²) in [6.45, 7) is 4.35. The van der Waals surface area contributed by atoms with Gasteiger partial charge in [-0.3, -0.25) is 4.79 Å². The van der Waals surface area contributed by atoms with Crippen LogP contribution in [0.25, 0.3) is 0 Å². The third kappa shape index (κ3) is 4.09. The first-order chi connectivity index (χ1) is 10.1. The van der Waals surface area contributed by atoms with Crippen LogP contribution in [-0.2, 0) is 4.79 Å². The van der Waals surface area contributed by atoms with E-state index in [1.807, 2.05) is 62.4 Å². The maximum atomic E-state index is 11.4. The molecular weight excluding hydrogens is 264 g/mol. The zero-order valence-corrected chi connectivity index (χ0v) is 12.4. The van der Waals surface area contributed by atoms with Gasteiger partial charge >= 0.3 is 5.97 Å². The van der Waals surface area contributed by atoms with E-state index in [1.54, 1.807) is 0 Å². The topological polar surface area (TPSA) is 46.5 Å². The van der Waals surface area contributed by atoms with E-state index in [9.17, 15) is 9.90 Å². The van der Waals surface area contributed by atoms with Crippen LogP contribution < -0.4 is 4.74 Å². The molecule has 1 unspecified atom stereocenters. The first-order valence-electron chi connectivity index (χ1n) is 7.05. The largest absolute Gasteiger partial charge is 0.493 e. The van der Waals surface area contributed by atoms with E-state index in [4.69, 9.17) is 4.74 Å². The van der Waals surface area contributed by atoms with E-state index in [0.29, 0.717) is 13.0 Å². The highest BCUT2D eigenvalue weighted by atomic mass is 16.5. The van der Waals surface area contributed by atoms with Gasteiger partial charge in [-0.1, -0.05) is 48.0 Å². The van der Waals surface area contributed by atoms with Crippen molar-refractivity contribution in [3.63, 3.8) is 0 Å². The Kier molecular flexibility index (Phi) is 4.99. The molecule has 0 bridgehead atoms. The van der Waals surface area contributed by atoms with Crippen LogP contribution in [0.4, 0.5) is 0 Å². The number of para-hydroxylation sites is 1. The fraction of sp³-hybridized carbons (Fsp3) is 0.278. The molecule has 0 aromatic heterocycles. The molecular formula is C18H20O3. The summed E-state index contributed by atoms with van der Waals surface area (Å²) in [5.74, 6) is -0.535. The highest BCUT2D eigenvalue weighted by molar-refractivity contribution is 5.76. The van der Waals surface area contributed by atoms with Crippen molar-refractivity contribution in [1.82, 2.24) is 0 Å². The van der Waals surface area contributed by atoms with Crippen molar-refractivity contribution in [3.8, 4) is 5.75 Å². The zero-order valence-electron chi connectivity index (χ0n) is 12.4. The molecule has 0 saturated heterocycles. The van der Waals surface area contributed by atoms with Crippen molar-refractivity contribution >= 4 is 5.97 Å². The fourth-order valence-corrected chi connectivity index (χ4v) is 2.24. The molecule has 3 heteroatoms. The molecule has 0 amide bonds. The lowest BCUT2D eigenvalue weighted by Crippen LogP contribution is -2.15. The van der Waals surface area contributed by atoms with Crippen LogP contribution in [0.2, 0.25) is 0 Å². The van der Waals surface area contributed by atoms with Crippen molar-refractivity contribution in [3.05, 3.63) is 65.2 Å². The van der Waals surface area contributed by atoms with Crippen LogP contribution >= 0.6 is 0 Å². The molecule has 0 fully saturated rings. The molecule has 0 aliphatic heterocycles. The first kappa shape index (κ1) is 15.1. The number of aliphatic carboxylic acids is 1. The predicted octanol–water partition coefficient (Wildman–Crippen LogP) is 3.94. The van der Waals surface area contributed by atoms with E-state index in [-0.39, 0.29) is 0 Å². The normalized spacial score (nSPS) is 11.9. The third-order valence-corrected chi connectivity index (χ3v) is 3.54. The smallest absolute Gasteiger partial charge is 0.311 e. The Labute approximate surface area is 125 Å². The van der Waals surface area contributed by atoms with Gasteiger partial charge in [-0.05, 0) is 37.5 Å². The molecule has 1 N–H and O–H groups in total. The zero-order chi connectivity index (χ0) is 15.2. The Hall–Kier alpha value is -2.29. The molecule has 0 heterocycles. The minimum Gasteiger partial charge on any atom is -0.493 e. The maximum Gasteiger partial charge on any atom is 0.311 e. The molecule has 21 heavy (non-hydrogen) atoms. The highest BCUT2D eigenvalue weighted by Crippen LogP contribution is 2.22. The van der Waals surface area contributed by atoms with Gasteiger partial charge < -0.3 is 9.84 Å². The number of carboxylic acid groups (broad SMARTS) is 1. The monoisotopic (exact) mass is 284 g/mol. The summed E-state index contributed by atoms with van der Waals surface area (Å²) < 4.78 is 5.70. The van der Waals surface area contributed by atoms with E-state index >= 15 is 0 Å².